The molecular formula is C37H25NO2. The minimum Gasteiger partial charge on any atom is -0.289 e. The van der Waals surface area contributed by atoms with Crippen LogP contribution in [0.2, 0.25) is 0 Å². The lowest BCUT2D eigenvalue weighted by Gasteiger charge is -2.17. The Bertz CT molecular complexity index is 1510. The highest BCUT2D eigenvalue weighted by Gasteiger charge is 2.24. The third-order valence-corrected chi connectivity index (χ3v) is 6.89. The third kappa shape index (κ3) is 5.13. The summed E-state index contributed by atoms with van der Waals surface area (Å²) in [4.78, 5) is 31.9. The van der Waals surface area contributed by atoms with Crippen LogP contribution in [0.5, 0.6) is 0 Å². The van der Waals surface area contributed by atoms with E-state index in [1.54, 1.807) is 6.20 Å². The molecule has 2 aliphatic carbocycles. The van der Waals surface area contributed by atoms with Gasteiger partial charge in [0.05, 0.1) is 5.71 Å². The van der Waals surface area contributed by atoms with Crippen molar-refractivity contribution in [3.63, 3.8) is 0 Å². The molecule has 0 aliphatic heterocycles. The summed E-state index contributed by atoms with van der Waals surface area (Å²) in [5.74, 6) is -0.0622. The molecule has 0 unspecified atom stereocenters. The van der Waals surface area contributed by atoms with E-state index in [2.05, 4.69) is 0 Å². The normalized spacial score (nSPS) is 15.1. The van der Waals surface area contributed by atoms with Gasteiger partial charge in [0.15, 0.2) is 11.6 Å². The fourth-order valence-electron chi connectivity index (χ4n) is 4.89. The van der Waals surface area contributed by atoms with E-state index in [0.29, 0.717) is 28.0 Å². The predicted octanol–water partition coefficient (Wildman–Crippen LogP) is 7.81. The molecule has 0 heterocycles. The van der Waals surface area contributed by atoms with Crippen molar-refractivity contribution in [2.24, 2.45) is 4.99 Å². The molecule has 4 aromatic rings. The molecule has 0 fully saturated rings. The summed E-state index contributed by atoms with van der Waals surface area (Å²) < 4.78 is 0. The maximum atomic E-state index is 13.6. The molecule has 0 aromatic heterocycles. The first kappa shape index (κ1) is 24.9. The quantitative estimate of drug-likeness (QED) is 0.255. The Morgan fingerprint density at radius 2 is 0.700 bits per heavy atom. The molecule has 190 valence electrons. The largest absolute Gasteiger partial charge is 0.289 e. The number of ketones is 2. The molecular weight excluding hydrogens is 490 g/mol. The molecule has 0 saturated carbocycles. The van der Waals surface area contributed by atoms with Gasteiger partial charge in [0, 0.05) is 28.5 Å². The van der Waals surface area contributed by atoms with Gasteiger partial charge >= 0.3 is 0 Å². The van der Waals surface area contributed by atoms with Gasteiger partial charge in [-0.1, -0.05) is 121 Å². The minimum atomic E-state index is -0.0372. The lowest BCUT2D eigenvalue weighted by Crippen LogP contribution is -2.13. The third-order valence-electron chi connectivity index (χ3n) is 6.89. The molecule has 0 radical (unpaired) electrons. The zero-order valence-electron chi connectivity index (χ0n) is 21.7. The van der Waals surface area contributed by atoms with Crippen LogP contribution in [0.4, 0.5) is 0 Å². The number of rotatable bonds is 5. The van der Waals surface area contributed by atoms with E-state index in [1.165, 1.54) is 0 Å². The van der Waals surface area contributed by atoms with E-state index in [9.17, 15) is 9.59 Å². The lowest BCUT2D eigenvalue weighted by molar-refractivity contribution is -0.109. The van der Waals surface area contributed by atoms with Gasteiger partial charge < -0.3 is 0 Å². The number of hydrogen-bond donors (Lipinski definition) is 0. The summed E-state index contributed by atoms with van der Waals surface area (Å²) in [5, 5.41) is 0. The number of benzene rings is 4. The number of aliphatic imine (C=N–C) groups is 1. The van der Waals surface area contributed by atoms with Gasteiger partial charge in [0.1, 0.15) is 0 Å². The van der Waals surface area contributed by atoms with E-state index in [1.807, 2.05) is 146 Å². The minimum absolute atomic E-state index is 0.0250. The van der Waals surface area contributed by atoms with E-state index < -0.39 is 0 Å². The van der Waals surface area contributed by atoms with Gasteiger partial charge in [0.25, 0.3) is 0 Å². The molecule has 3 nitrogen and oxygen atoms in total. The maximum Gasteiger partial charge on any atom is 0.194 e. The van der Waals surface area contributed by atoms with Gasteiger partial charge in [-0.25, -0.2) is 0 Å². The summed E-state index contributed by atoms with van der Waals surface area (Å²) in [6, 6.07) is 38.7. The fraction of sp³-hybridized carbons (Fsp3) is 0. The van der Waals surface area contributed by atoms with E-state index >= 15 is 0 Å². The summed E-state index contributed by atoms with van der Waals surface area (Å²) in [6.45, 7) is 0. The molecule has 2 aliphatic rings. The highest BCUT2D eigenvalue weighted by atomic mass is 16.1. The second-order valence-corrected chi connectivity index (χ2v) is 9.54. The molecule has 6 rings (SSSR count). The molecule has 0 saturated heterocycles. The standard InChI is InChI=1S/C37H25NO2/c39-36-32(27-13-5-1-6-14-27)21-26(22-33(36)28-15-7-2-8-16-28)25-38-31-23-34(29-17-9-3-10-18-29)37(40)35(24-31)30-19-11-4-12-20-30/h1-25H. The maximum absolute atomic E-state index is 13.6. The van der Waals surface area contributed by atoms with Crippen LogP contribution in [-0.4, -0.2) is 17.3 Å². The van der Waals surface area contributed by atoms with Crippen molar-refractivity contribution in [1.82, 2.24) is 0 Å². The van der Waals surface area contributed by atoms with Crippen molar-refractivity contribution in [1.29, 1.82) is 0 Å². The topological polar surface area (TPSA) is 46.5 Å². The Hall–Kier alpha value is -5.41. The number of allylic oxidation sites excluding steroid dienone is 9. The van der Waals surface area contributed by atoms with Crippen LogP contribution in [0.15, 0.2) is 162 Å². The summed E-state index contributed by atoms with van der Waals surface area (Å²) >= 11 is 0. The Morgan fingerprint density at radius 3 is 1.02 bits per heavy atom. The van der Waals surface area contributed by atoms with Crippen molar-refractivity contribution in [2.75, 3.05) is 0 Å². The van der Waals surface area contributed by atoms with Gasteiger partial charge in [0.2, 0.25) is 0 Å². The molecule has 3 heteroatoms. The number of carbonyl (C=O) groups is 2. The zero-order valence-corrected chi connectivity index (χ0v) is 21.7. The monoisotopic (exact) mass is 515 g/mol. The Labute approximate surface area is 233 Å². The van der Waals surface area contributed by atoms with Crippen molar-refractivity contribution >= 4 is 39.6 Å². The lowest BCUT2D eigenvalue weighted by atomic mass is 9.86. The number of hydrogen-bond acceptors (Lipinski definition) is 3. The van der Waals surface area contributed by atoms with Crippen LogP contribution in [0.3, 0.4) is 0 Å². The van der Waals surface area contributed by atoms with Crippen LogP contribution < -0.4 is 0 Å². The second-order valence-electron chi connectivity index (χ2n) is 9.54. The average molecular weight is 516 g/mol. The average Bonchev–Trinajstić information content (AvgIpc) is 3.02. The SMILES string of the molecule is O=C1C(c2ccccc2)=CC(=CN=C2C=C(c3ccccc3)C(=O)C(c3ccccc3)=C2)C=C1c1ccccc1. The molecule has 0 spiro atoms. The van der Waals surface area contributed by atoms with Crippen LogP contribution in [0, 0.1) is 0 Å². The van der Waals surface area contributed by atoms with E-state index in [-0.39, 0.29) is 11.6 Å². The molecule has 40 heavy (non-hydrogen) atoms. The Morgan fingerprint density at radius 1 is 0.400 bits per heavy atom. The summed E-state index contributed by atoms with van der Waals surface area (Å²) in [5.41, 5.74) is 7.28. The molecule has 0 amide bonds. The van der Waals surface area contributed by atoms with Crippen LogP contribution in [0.25, 0.3) is 22.3 Å². The van der Waals surface area contributed by atoms with Crippen molar-refractivity contribution in [3.05, 3.63) is 180 Å². The van der Waals surface area contributed by atoms with Crippen LogP contribution in [-0.2, 0) is 9.59 Å². The molecule has 0 atom stereocenters. The van der Waals surface area contributed by atoms with Gasteiger partial charge in [-0.3, -0.25) is 14.6 Å². The molecule has 4 aromatic carbocycles. The zero-order chi connectivity index (χ0) is 27.3. The molecule has 0 N–H and O–H groups in total. The van der Waals surface area contributed by atoms with Crippen LogP contribution >= 0.6 is 0 Å². The first-order valence-corrected chi connectivity index (χ1v) is 13.1. The number of carbonyl (C=O) groups excluding carboxylic acids is 2. The van der Waals surface area contributed by atoms with Crippen molar-refractivity contribution in [2.45, 2.75) is 0 Å². The second kappa shape index (κ2) is 11.1. The predicted molar refractivity (Wildman–Crippen MR) is 163 cm³/mol. The fourth-order valence-corrected chi connectivity index (χ4v) is 4.89. The smallest absolute Gasteiger partial charge is 0.194 e. The Balaban J connectivity index is 1.48. The number of nitrogens with zero attached hydrogens (tertiary/aromatic N) is 1. The number of Topliss-reactive ketones (excluding diaryl/α,β-unsaturated/α-hetero) is 2. The van der Waals surface area contributed by atoms with E-state index in [0.717, 1.165) is 27.8 Å². The van der Waals surface area contributed by atoms with Crippen LogP contribution in [0.1, 0.15) is 22.3 Å². The summed E-state index contributed by atoms with van der Waals surface area (Å²) in [6.07, 6.45) is 9.19. The Kier molecular flexibility index (Phi) is 6.93. The molecule has 0 bridgehead atoms. The first-order valence-electron chi connectivity index (χ1n) is 13.1. The van der Waals surface area contributed by atoms with Crippen molar-refractivity contribution < 1.29 is 9.59 Å². The summed E-state index contributed by atoms with van der Waals surface area (Å²) in [7, 11) is 0. The van der Waals surface area contributed by atoms with Gasteiger partial charge in [-0.2, -0.15) is 0 Å². The van der Waals surface area contributed by atoms with Crippen molar-refractivity contribution in [3.8, 4) is 0 Å². The van der Waals surface area contributed by atoms with Gasteiger partial charge in [-0.05, 0) is 52.1 Å². The highest BCUT2D eigenvalue weighted by Crippen LogP contribution is 2.33. The van der Waals surface area contributed by atoms with Gasteiger partial charge in [-0.15, -0.1) is 0 Å². The first-order chi connectivity index (χ1) is 19.7. The highest BCUT2D eigenvalue weighted by molar-refractivity contribution is 6.49. The van der Waals surface area contributed by atoms with E-state index in [4.69, 9.17) is 4.99 Å².